The van der Waals surface area contributed by atoms with Gasteiger partial charge in [-0.15, -0.1) is 0 Å². The number of rotatable bonds is 4. The van der Waals surface area contributed by atoms with E-state index in [1.54, 1.807) is 31.2 Å². The molecule has 0 radical (unpaired) electrons. The molecule has 0 aliphatic carbocycles. The number of para-hydroxylation sites is 2. The van der Waals surface area contributed by atoms with Crippen LogP contribution in [0.1, 0.15) is 18.9 Å². The van der Waals surface area contributed by atoms with Gasteiger partial charge in [0.15, 0.2) is 6.61 Å². The smallest absolute Gasteiger partial charge is 0.310 e. The molecule has 2 aromatic rings. The van der Waals surface area contributed by atoms with Gasteiger partial charge in [-0.2, -0.15) is 11.3 Å². The number of benzene rings is 1. The summed E-state index contributed by atoms with van der Waals surface area (Å²) in [5.41, 5.74) is 2.06. The van der Waals surface area contributed by atoms with E-state index < -0.39 is 5.97 Å². The lowest BCUT2D eigenvalue weighted by Crippen LogP contribution is -2.41. The molecule has 0 saturated heterocycles. The number of hydrogen-bond donors (Lipinski definition) is 1. The van der Waals surface area contributed by atoms with Crippen LogP contribution in [0.4, 0.5) is 11.4 Å². The quantitative estimate of drug-likeness (QED) is 0.853. The van der Waals surface area contributed by atoms with E-state index >= 15 is 0 Å². The second-order valence-corrected chi connectivity index (χ2v) is 6.63. The third-order valence-electron chi connectivity index (χ3n) is 3.91. The molecule has 1 aromatic heterocycles. The molecule has 1 N–H and O–H groups in total. The number of amides is 2. The highest BCUT2D eigenvalue weighted by Crippen LogP contribution is 2.31. The highest BCUT2D eigenvalue weighted by atomic mass is 32.1. The van der Waals surface area contributed by atoms with Crippen LogP contribution in [0.5, 0.6) is 0 Å². The molecule has 0 saturated carbocycles. The Morgan fingerprint density at radius 1 is 1.32 bits per heavy atom. The van der Waals surface area contributed by atoms with Crippen molar-refractivity contribution >= 4 is 40.5 Å². The second kappa shape index (κ2) is 7.48. The van der Waals surface area contributed by atoms with Crippen LogP contribution in [0, 0.1) is 0 Å². The van der Waals surface area contributed by atoms with E-state index in [0.29, 0.717) is 11.4 Å². The van der Waals surface area contributed by atoms with Gasteiger partial charge in [-0.1, -0.05) is 12.1 Å². The standard InChI is InChI=1S/C18H18N2O4S/c1-12-8-16(21)19-14-4-2-3-5-15(14)20(12)17(22)10-24-18(23)9-13-6-7-25-11-13/h2-7,11-12H,8-10H2,1H3,(H,19,21)/t12-/m0/s1. The minimum Gasteiger partial charge on any atom is -0.455 e. The van der Waals surface area contributed by atoms with E-state index in [2.05, 4.69) is 5.32 Å². The number of ether oxygens (including phenoxy) is 1. The summed E-state index contributed by atoms with van der Waals surface area (Å²) in [6.07, 6.45) is 0.326. The van der Waals surface area contributed by atoms with Crippen molar-refractivity contribution in [3.63, 3.8) is 0 Å². The van der Waals surface area contributed by atoms with Crippen LogP contribution >= 0.6 is 11.3 Å². The van der Waals surface area contributed by atoms with Crippen molar-refractivity contribution in [2.24, 2.45) is 0 Å². The fourth-order valence-corrected chi connectivity index (χ4v) is 3.46. The number of nitrogens with one attached hydrogen (secondary N) is 1. The molecular formula is C18H18N2O4S. The van der Waals surface area contributed by atoms with E-state index in [1.165, 1.54) is 16.2 Å². The van der Waals surface area contributed by atoms with Crippen LogP contribution in [-0.4, -0.2) is 30.4 Å². The number of carbonyl (C=O) groups excluding carboxylic acids is 3. The summed E-state index contributed by atoms with van der Waals surface area (Å²) in [6, 6.07) is 8.62. The first-order chi connectivity index (χ1) is 12.0. The number of nitrogens with zero attached hydrogens (tertiary/aromatic N) is 1. The molecule has 3 rings (SSSR count). The number of carbonyl (C=O) groups is 3. The van der Waals surface area contributed by atoms with Crippen LogP contribution in [0.15, 0.2) is 41.1 Å². The molecule has 130 valence electrons. The first-order valence-electron chi connectivity index (χ1n) is 7.92. The lowest BCUT2D eigenvalue weighted by Gasteiger charge is -2.27. The van der Waals surface area contributed by atoms with E-state index in [4.69, 9.17) is 4.74 Å². The zero-order chi connectivity index (χ0) is 17.8. The van der Waals surface area contributed by atoms with Crippen molar-refractivity contribution in [3.05, 3.63) is 46.7 Å². The number of esters is 1. The molecule has 2 amide bonds. The monoisotopic (exact) mass is 358 g/mol. The van der Waals surface area contributed by atoms with Gasteiger partial charge in [0.1, 0.15) is 0 Å². The zero-order valence-electron chi connectivity index (χ0n) is 13.7. The topological polar surface area (TPSA) is 75.7 Å². The number of hydrogen-bond acceptors (Lipinski definition) is 5. The van der Waals surface area contributed by atoms with E-state index in [9.17, 15) is 14.4 Å². The number of fused-ring (bicyclic) bond motifs is 1. The minimum absolute atomic E-state index is 0.142. The van der Waals surface area contributed by atoms with Crippen molar-refractivity contribution in [1.29, 1.82) is 0 Å². The van der Waals surface area contributed by atoms with Gasteiger partial charge < -0.3 is 15.0 Å². The Morgan fingerprint density at radius 3 is 2.88 bits per heavy atom. The highest BCUT2D eigenvalue weighted by Gasteiger charge is 2.30. The molecule has 1 aliphatic heterocycles. The Morgan fingerprint density at radius 2 is 2.12 bits per heavy atom. The maximum atomic E-state index is 12.6. The number of thiophene rings is 1. The molecule has 0 spiro atoms. The van der Waals surface area contributed by atoms with Gasteiger partial charge in [0.05, 0.1) is 17.8 Å². The molecular weight excluding hydrogens is 340 g/mol. The Kier molecular flexibility index (Phi) is 5.14. The van der Waals surface area contributed by atoms with Crippen LogP contribution in [0.25, 0.3) is 0 Å². The molecule has 0 fully saturated rings. The van der Waals surface area contributed by atoms with Gasteiger partial charge >= 0.3 is 5.97 Å². The van der Waals surface area contributed by atoms with Crippen molar-refractivity contribution in [2.45, 2.75) is 25.8 Å². The first kappa shape index (κ1) is 17.2. The van der Waals surface area contributed by atoms with Gasteiger partial charge in [0.2, 0.25) is 5.91 Å². The Hall–Kier alpha value is -2.67. The van der Waals surface area contributed by atoms with Crippen LogP contribution < -0.4 is 10.2 Å². The maximum absolute atomic E-state index is 12.6. The summed E-state index contributed by atoms with van der Waals surface area (Å²) >= 11 is 1.50. The third kappa shape index (κ3) is 4.06. The summed E-state index contributed by atoms with van der Waals surface area (Å²) in [6.45, 7) is 1.45. The minimum atomic E-state index is -0.447. The molecule has 0 bridgehead atoms. The van der Waals surface area contributed by atoms with Crippen molar-refractivity contribution in [2.75, 3.05) is 16.8 Å². The van der Waals surface area contributed by atoms with Gasteiger partial charge in [-0.3, -0.25) is 14.4 Å². The normalized spacial score (nSPS) is 16.6. The second-order valence-electron chi connectivity index (χ2n) is 5.85. The van der Waals surface area contributed by atoms with Crippen LogP contribution in [0.2, 0.25) is 0 Å². The molecule has 0 unspecified atom stereocenters. The molecule has 1 aliphatic rings. The molecule has 7 heteroatoms. The van der Waals surface area contributed by atoms with Gasteiger partial charge in [0.25, 0.3) is 5.91 Å². The third-order valence-corrected chi connectivity index (χ3v) is 4.65. The summed E-state index contributed by atoms with van der Waals surface area (Å²) in [5.74, 6) is -0.948. The summed E-state index contributed by atoms with van der Waals surface area (Å²) in [4.78, 5) is 38.0. The predicted molar refractivity (Wildman–Crippen MR) is 95.6 cm³/mol. The van der Waals surface area contributed by atoms with Crippen LogP contribution in [0.3, 0.4) is 0 Å². The number of anilines is 2. The van der Waals surface area contributed by atoms with E-state index in [0.717, 1.165) is 5.56 Å². The fraction of sp³-hybridized carbons (Fsp3) is 0.278. The molecule has 1 aromatic carbocycles. The average molecular weight is 358 g/mol. The lowest BCUT2D eigenvalue weighted by atomic mass is 10.1. The Bertz CT molecular complexity index is 788. The maximum Gasteiger partial charge on any atom is 0.310 e. The highest BCUT2D eigenvalue weighted by molar-refractivity contribution is 7.08. The largest absolute Gasteiger partial charge is 0.455 e. The zero-order valence-corrected chi connectivity index (χ0v) is 14.5. The van der Waals surface area contributed by atoms with Gasteiger partial charge in [-0.05, 0) is 41.4 Å². The fourth-order valence-electron chi connectivity index (χ4n) is 2.79. The molecule has 1 atom stereocenters. The molecule has 25 heavy (non-hydrogen) atoms. The first-order valence-corrected chi connectivity index (χ1v) is 8.86. The SMILES string of the molecule is C[C@H]1CC(=O)Nc2ccccc2N1C(=O)COC(=O)Cc1ccsc1. The summed E-state index contributed by atoms with van der Waals surface area (Å²) in [5, 5.41) is 6.54. The lowest BCUT2D eigenvalue weighted by molar-refractivity contribution is -0.147. The van der Waals surface area contributed by atoms with E-state index in [-0.39, 0.29) is 37.3 Å². The predicted octanol–water partition coefficient (Wildman–Crippen LogP) is 2.60. The van der Waals surface area contributed by atoms with Gasteiger partial charge in [0, 0.05) is 12.5 Å². The Labute approximate surface area is 149 Å². The van der Waals surface area contributed by atoms with E-state index in [1.807, 2.05) is 16.8 Å². The average Bonchev–Trinajstić information content (AvgIpc) is 3.03. The summed E-state index contributed by atoms with van der Waals surface area (Å²) in [7, 11) is 0. The van der Waals surface area contributed by atoms with Crippen molar-refractivity contribution < 1.29 is 19.1 Å². The molecule has 6 nitrogen and oxygen atoms in total. The van der Waals surface area contributed by atoms with Crippen LogP contribution in [-0.2, 0) is 25.5 Å². The summed E-state index contributed by atoms with van der Waals surface area (Å²) < 4.78 is 5.13. The van der Waals surface area contributed by atoms with Crippen molar-refractivity contribution in [1.82, 2.24) is 0 Å². The van der Waals surface area contributed by atoms with Gasteiger partial charge in [-0.25, -0.2) is 0 Å². The molecule has 2 heterocycles. The Balaban J connectivity index is 1.70. The van der Waals surface area contributed by atoms with Crippen molar-refractivity contribution in [3.8, 4) is 0 Å².